The molecule has 2 rings (SSSR count). The lowest BCUT2D eigenvalue weighted by molar-refractivity contribution is -0.384. The lowest BCUT2D eigenvalue weighted by atomic mass is 9.96. The molecule has 1 unspecified atom stereocenters. The normalized spacial score (nSPS) is 15.4. The highest BCUT2D eigenvalue weighted by Crippen LogP contribution is 2.40. The number of nitrogens with one attached hydrogen (secondary N) is 1. The summed E-state index contributed by atoms with van der Waals surface area (Å²) in [5, 5.41) is 13.6. The summed E-state index contributed by atoms with van der Waals surface area (Å²) in [7, 11) is 0. The second-order valence-corrected chi connectivity index (χ2v) is 5.10. The Hall–Kier alpha value is -2.35. The monoisotopic (exact) mass is 295 g/mol. The largest absolute Gasteiger partial charge is 0.454 e. The van der Waals surface area contributed by atoms with Crippen molar-refractivity contribution >= 4 is 17.3 Å². The third kappa shape index (κ3) is 3.05. The first kappa shape index (κ1) is 15.0. The summed E-state index contributed by atoms with van der Waals surface area (Å²) in [6.07, 6.45) is 1.20. The van der Waals surface area contributed by atoms with Crippen LogP contribution < -0.4 is 20.5 Å². The van der Waals surface area contributed by atoms with Crippen molar-refractivity contribution in [2.24, 2.45) is 5.73 Å². The van der Waals surface area contributed by atoms with E-state index in [1.807, 2.05) is 6.92 Å². The molecule has 1 aliphatic heterocycles. The molecule has 3 N–H and O–H groups in total. The van der Waals surface area contributed by atoms with E-state index in [-0.39, 0.29) is 23.9 Å². The molecule has 0 spiro atoms. The fourth-order valence-corrected chi connectivity index (χ4v) is 2.08. The standard InChI is InChI=1S/C13H17N3O5/c1-3-4-13(2,14)12(17)15-8-5-10-11(21-7-20-10)6-9(8)16(18)19/h5-6H,3-4,7,14H2,1-2H3,(H,15,17). The number of amides is 1. The SMILES string of the molecule is CCCC(C)(N)C(=O)Nc1cc2c(cc1[N+](=O)[O-])OCO2. The number of fused-ring (bicyclic) bond motifs is 1. The van der Waals surface area contributed by atoms with Gasteiger partial charge in [0.05, 0.1) is 16.5 Å². The first-order valence-electron chi connectivity index (χ1n) is 6.53. The van der Waals surface area contributed by atoms with Crippen molar-refractivity contribution in [3.63, 3.8) is 0 Å². The molecule has 8 nitrogen and oxygen atoms in total. The first-order valence-corrected chi connectivity index (χ1v) is 6.53. The molecule has 0 fully saturated rings. The summed E-state index contributed by atoms with van der Waals surface area (Å²) in [5.74, 6) is 0.153. The van der Waals surface area contributed by atoms with Gasteiger partial charge in [-0.25, -0.2) is 0 Å². The van der Waals surface area contributed by atoms with Crippen LogP contribution in [0.15, 0.2) is 12.1 Å². The van der Waals surface area contributed by atoms with Crippen LogP contribution in [0.1, 0.15) is 26.7 Å². The summed E-state index contributed by atoms with van der Waals surface area (Å²) in [5.41, 5.74) is 4.60. The molecule has 114 valence electrons. The van der Waals surface area contributed by atoms with Crippen LogP contribution in [0.25, 0.3) is 0 Å². The lowest BCUT2D eigenvalue weighted by Crippen LogP contribution is -2.48. The van der Waals surface area contributed by atoms with Crippen LogP contribution in [-0.2, 0) is 4.79 Å². The number of hydrogen-bond donors (Lipinski definition) is 2. The van der Waals surface area contributed by atoms with E-state index in [0.29, 0.717) is 12.2 Å². The van der Waals surface area contributed by atoms with Gasteiger partial charge in [0.2, 0.25) is 12.7 Å². The number of ether oxygens (including phenoxy) is 2. The molecule has 0 aromatic heterocycles. The highest BCUT2D eigenvalue weighted by Gasteiger charge is 2.30. The van der Waals surface area contributed by atoms with E-state index in [1.54, 1.807) is 6.92 Å². The summed E-state index contributed by atoms with van der Waals surface area (Å²) in [6, 6.07) is 2.60. The van der Waals surface area contributed by atoms with Crippen LogP contribution >= 0.6 is 0 Å². The molecule has 1 heterocycles. The number of nitrogens with two attached hydrogens (primary N) is 1. The molecule has 1 aliphatic rings. The van der Waals surface area contributed by atoms with E-state index in [4.69, 9.17) is 15.2 Å². The van der Waals surface area contributed by atoms with Gasteiger partial charge in [0.25, 0.3) is 5.69 Å². The number of nitro benzene ring substituents is 1. The number of hydrogen-bond acceptors (Lipinski definition) is 6. The van der Waals surface area contributed by atoms with Crippen molar-refractivity contribution in [2.45, 2.75) is 32.2 Å². The molecular formula is C13H17N3O5. The van der Waals surface area contributed by atoms with E-state index in [1.165, 1.54) is 12.1 Å². The van der Waals surface area contributed by atoms with Crippen LogP contribution in [0.4, 0.5) is 11.4 Å². The zero-order valence-corrected chi connectivity index (χ0v) is 11.8. The average molecular weight is 295 g/mol. The van der Waals surface area contributed by atoms with Gasteiger partial charge in [-0.3, -0.25) is 14.9 Å². The van der Waals surface area contributed by atoms with Crippen LogP contribution in [0.3, 0.4) is 0 Å². The summed E-state index contributed by atoms with van der Waals surface area (Å²) < 4.78 is 10.3. The lowest BCUT2D eigenvalue weighted by Gasteiger charge is -2.22. The highest BCUT2D eigenvalue weighted by molar-refractivity contribution is 5.99. The molecule has 1 atom stereocenters. The van der Waals surface area contributed by atoms with Gasteiger partial charge < -0.3 is 20.5 Å². The summed E-state index contributed by atoms with van der Waals surface area (Å²) in [6.45, 7) is 3.49. The van der Waals surface area contributed by atoms with Gasteiger partial charge in [-0.2, -0.15) is 0 Å². The number of nitrogens with zero attached hydrogens (tertiary/aromatic N) is 1. The zero-order chi connectivity index (χ0) is 15.6. The average Bonchev–Trinajstić information content (AvgIpc) is 2.84. The van der Waals surface area contributed by atoms with Crippen LogP contribution in [-0.4, -0.2) is 23.2 Å². The van der Waals surface area contributed by atoms with Crippen molar-refractivity contribution in [3.05, 3.63) is 22.2 Å². The molecule has 1 amide bonds. The molecule has 1 aromatic carbocycles. The number of benzene rings is 1. The van der Waals surface area contributed by atoms with Gasteiger partial charge in [-0.1, -0.05) is 13.3 Å². The van der Waals surface area contributed by atoms with Gasteiger partial charge in [-0.15, -0.1) is 0 Å². The topological polar surface area (TPSA) is 117 Å². The quantitative estimate of drug-likeness (QED) is 0.631. The Morgan fingerprint density at radius 1 is 1.48 bits per heavy atom. The Labute approximate surface area is 121 Å². The predicted molar refractivity (Wildman–Crippen MR) is 75.3 cm³/mol. The number of anilines is 1. The molecule has 1 aromatic rings. The maximum absolute atomic E-state index is 12.2. The molecule has 21 heavy (non-hydrogen) atoms. The third-order valence-electron chi connectivity index (χ3n) is 3.22. The molecule has 0 aliphatic carbocycles. The smallest absolute Gasteiger partial charge is 0.296 e. The second-order valence-electron chi connectivity index (χ2n) is 5.10. The third-order valence-corrected chi connectivity index (χ3v) is 3.22. The zero-order valence-electron chi connectivity index (χ0n) is 11.8. The molecule has 8 heteroatoms. The van der Waals surface area contributed by atoms with E-state index >= 15 is 0 Å². The Kier molecular flexibility index (Phi) is 3.99. The number of carbonyl (C=O) groups excluding carboxylic acids is 1. The molecule has 0 bridgehead atoms. The summed E-state index contributed by atoms with van der Waals surface area (Å²) in [4.78, 5) is 22.7. The van der Waals surface area contributed by atoms with Crippen molar-refractivity contribution in [2.75, 3.05) is 12.1 Å². The molecule has 0 radical (unpaired) electrons. The fraction of sp³-hybridized carbons (Fsp3) is 0.462. The number of carbonyl (C=O) groups is 1. The maximum atomic E-state index is 12.2. The van der Waals surface area contributed by atoms with Crippen LogP contribution in [0.5, 0.6) is 11.5 Å². The van der Waals surface area contributed by atoms with E-state index in [9.17, 15) is 14.9 Å². The van der Waals surface area contributed by atoms with Crippen LogP contribution in [0.2, 0.25) is 0 Å². The van der Waals surface area contributed by atoms with Gasteiger partial charge in [0.15, 0.2) is 11.5 Å². The minimum Gasteiger partial charge on any atom is -0.454 e. The molecule has 0 saturated carbocycles. The van der Waals surface area contributed by atoms with E-state index in [2.05, 4.69) is 5.32 Å². The first-order chi connectivity index (χ1) is 9.85. The van der Waals surface area contributed by atoms with Gasteiger partial charge >= 0.3 is 0 Å². The van der Waals surface area contributed by atoms with Crippen LogP contribution in [0, 0.1) is 10.1 Å². The minimum absolute atomic E-state index is 0.00563. The summed E-state index contributed by atoms with van der Waals surface area (Å²) >= 11 is 0. The van der Waals surface area contributed by atoms with Crippen molar-refractivity contribution in [3.8, 4) is 11.5 Å². The van der Waals surface area contributed by atoms with E-state index in [0.717, 1.165) is 6.42 Å². The predicted octanol–water partition coefficient (Wildman–Crippen LogP) is 1.78. The van der Waals surface area contributed by atoms with Crippen molar-refractivity contribution in [1.29, 1.82) is 0 Å². The molecular weight excluding hydrogens is 278 g/mol. The van der Waals surface area contributed by atoms with Gasteiger partial charge in [0.1, 0.15) is 5.69 Å². The van der Waals surface area contributed by atoms with Crippen molar-refractivity contribution < 1.29 is 19.2 Å². The Morgan fingerprint density at radius 3 is 2.67 bits per heavy atom. The Balaban J connectivity index is 2.31. The Bertz CT molecular complexity index is 585. The van der Waals surface area contributed by atoms with Gasteiger partial charge in [0, 0.05) is 6.07 Å². The number of rotatable bonds is 5. The Morgan fingerprint density at radius 2 is 2.10 bits per heavy atom. The van der Waals surface area contributed by atoms with E-state index < -0.39 is 16.4 Å². The second kappa shape index (κ2) is 5.57. The molecule has 0 saturated heterocycles. The highest BCUT2D eigenvalue weighted by atomic mass is 16.7. The van der Waals surface area contributed by atoms with Gasteiger partial charge in [-0.05, 0) is 13.3 Å². The number of nitro groups is 1. The minimum atomic E-state index is -1.10. The van der Waals surface area contributed by atoms with Crippen molar-refractivity contribution in [1.82, 2.24) is 0 Å². The fourth-order valence-electron chi connectivity index (χ4n) is 2.08. The maximum Gasteiger partial charge on any atom is 0.296 e.